The lowest BCUT2D eigenvalue weighted by Gasteiger charge is -2.27. The second kappa shape index (κ2) is 8.81. The Morgan fingerprint density at radius 1 is 1.00 bits per heavy atom. The molecule has 0 atom stereocenters. The van der Waals surface area contributed by atoms with Crippen LogP contribution in [0.5, 0.6) is 6.01 Å². The van der Waals surface area contributed by atoms with E-state index in [0.29, 0.717) is 37.6 Å². The predicted octanol–water partition coefficient (Wildman–Crippen LogP) is -0.0498. The summed E-state index contributed by atoms with van der Waals surface area (Å²) in [6.07, 6.45) is 0. The second-order valence-corrected chi connectivity index (χ2v) is 5.55. The third kappa shape index (κ3) is 4.79. The van der Waals surface area contributed by atoms with Crippen molar-refractivity contribution in [1.82, 2.24) is 19.9 Å². The van der Waals surface area contributed by atoms with Gasteiger partial charge < -0.3 is 19.1 Å². The minimum atomic E-state index is 0.125. The average Bonchev–Trinajstić information content (AvgIpc) is 2.63. The molecule has 0 aromatic carbocycles. The van der Waals surface area contributed by atoms with E-state index in [9.17, 15) is 0 Å². The highest BCUT2D eigenvalue weighted by Gasteiger charge is 2.17. The summed E-state index contributed by atoms with van der Waals surface area (Å²) in [5, 5.41) is 3.36. The van der Waals surface area contributed by atoms with Crippen molar-refractivity contribution in [3.8, 4) is 6.01 Å². The van der Waals surface area contributed by atoms with Gasteiger partial charge in [-0.3, -0.25) is 4.90 Å². The summed E-state index contributed by atoms with van der Waals surface area (Å²) in [7, 11) is 0. The van der Waals surface area contributed by atoms with E-state index in [0.717, 1.165) is 45.9 Å². The van der Waals surface area contributed by atoms with E-state index in [1.807, 2.05) is 4.90 Å². The van der Waals surface area contributed by atoms with Crippen molar-refractivity contribution in [3.63, 3.8) is 0 Å². The number of nitrogens with zero attached hydrogens (tertiary/aromatic N) is 6. The van der Waals surface area contributed by atoms with Crippen LogP contribution in [-0.4, -0.2) is 85.6 Å². The summed E-state index contributed by atoms with van der Waals surface area (Å²) in [6, 6.07) is 0.290. The van der Waals surface area contributed by atoms with Crippen LogP contribution >= 0.6 is 0 Å². The standard InChI is InChI=1S/C14H23N7O3/c15-16-11-12-17-13(21-4-8-23-9-5-21)19-14(18-12)24-10-3-20-1-6-22-7-2-20/h15H,1-11H2. The van der Waals surface area contributed by atoms with Gasteiger partial charge in [0.2, 0.25) is 5.95 Å². The Kier molecular flexibility index (Phi) is 6.21. The Balaban J connectivity index is 1.61. The molecule has 132 valence electrons. The Bertz CT molecular complexity index is 533. The van der Waals surface area contributed by atoms with E-state index in [1.165, 1.54) is 0 Å². The zero-order valence-corrected chi connectivity index (χ0v) is 13.7. The van der Waals surface area contributed by atoms with Crippen molar-refractivity contribution in [2.24, 2.45) is 5.11 Å². The molecule has 0 amide bonds. The summed E-state index contributed by atoms with van der Waals surface area (Å²) in [5.41, 5.74) is 7.03. The smallest absolute Gasteiger partial charge is 0.321 e. The van der Waals surface area contributed by atoms with Gasteiger partial charge in [-0.1, -0.05) is 0 Å². The van der Waals surface area contributed by atoms with Crippen molar-refractivity contribution < 1.29 is 14.2 Å². The molecule has 24 heavy (non-hydrogen) atoms. The molecule has 0 spiro atoms. The van der Waals surface area contributed by atoms with Gasteiger partial charge in [0.15, 0.2) is 5.82 Å². The lowest BCUT2D eigenvalue weighted by Crippen LogP contribution is -2.39. The van der Waals surface area contributed by atoms with E-state index < -0.39 is 0 Å². The lowest BCUT2D eigenvalue weighted by atomic mass is 10.4. The molecule has 3 heterocycles. The van der Waals surface area contributed by atoms with Crippen molar-refractivity contribution in [3.05, 3.63) is 5.82 Å². The second-order valence-electron chi connectivity index (χ2n) is 5.55. The largest absolute Gasteiger partial charge is 0.462 e. The first-order valence-electron chi connectivity index (χ1n) is 8.19. The molecule has 0 radical (unpaired) electrons. The molecule has 3 rings (SSSR count). The summed E-state index contributed by atoms with van der Waals surface area (Å²) in [5.74, 6) is 1.01. The topological polar surface area (TPSA) is 109 Å². The number of nitrogens with one attached hydrogen (secondary N) is 1. The summed E-state index contributed by atoms with van der Waals surface area (Å²) >= 11 is 0. The van der Waals surface area contributed by atoms with Crippen LogP contribution in [0.3, 0.4) is 0 Å². The van der Waals surface area contributed by atoms with Crippen LogP contribution in [0.25, 0.3) is 0 Å². The van der Waals surface area contributed by atoms with Gasteiger partial charge in [0.05, 0.1) is 26.4 Å². The molecule has 2 aliphatic heterocycles. The van der Waals surface area contributed by atoms with Crippen molar-refractivity contribution >= 4 is 5.95 Å². The van der Waals surface area contributed by atoms with E-state index in [4.69, 9.17) is 19.7 Å². The van der Waals surface area contributed by atoms with Crippen LogP contribution < -0.4 is 9.64 Å². The van der Waals surface area contributed by atoms with Crippen LogP contribution in [0, 0.1) is 5.53 Å². The maximum absolute atomic E-state index is 7.03. The highest BCUT2D eigenvalue weighted by Crippen LogP contribution is 2.14. The SMILES string of the molecule is N=NCc1nc(OCCN2CCOCC2)nc(N2CCOCC2)n1. The molecule has 0 unspecified atom stereocenters. The molecule has 1 N–H and O–H groups in total. The zero-order valence-electron chi connectivity index (χ0n) is 13.7. The monoisotopic (exact) mass is 337 g/mol. The highest BCUT2D eigenvalue weighted by molar-refractivity contribution is 5.31. The number of ether oxygens (including phenoxy) is 3. The molecule has 2 aliphatic rings. The minimum absolute atomic E-state index is 0.125. The average molecular weight is 337 g/mol. The Morgan fingerprint density at radius 3 is 2.42 bits per heavy atom. The molecular formula is C14H23N7O3. The zero-order chi connectivity index (χ0) is 16.6. The van der Waals surface area contributed by atoms with Gasteiger partial charge in [0.25, 0.3) is 0 Å². The molecule has 2 saturated heterocycles. The molecule has 1 aromatic heterocycles. The van der Waals surface area contributed by atoms with Gasteiger partial charge in [0.1, 0.15) is 13.2 Å². The summed E-state index contributed by atoms with van der Waals surface area (Å²) in [6.45, 7) is 7.57. The van der Waals surface area contributed by atoms with Crippen LogP contribution in [0.15, 0.2) is 5.11 Å². The van der Waals surface area contributed by atoms with E-state index in [2.05, 4.69) is 25.0 Å². The fourth-order valence-corrected chi connectivity index (χ4v) is 2.59. The number of hydrogen-bond donors (Lipinski definition) is 1. The van der Waals surface area contributed by atoms with Gasteiger partial charge in [-0.05, 0) is 0 Å². The van der Waals surface area contributed by atoms with Crippen LogP contribution in [0.2, 0.25) is 0 Å². The molecule has 2 fully saturated rings. The molecule has 0 bridgehead atoms. The Labute approximate surface area is 140 Å². The van der Waals surface area contributed by atoms with Crippen LogP contribution in [0.1, 0.15) is 5.82 Å². The highest BCUT2D eigenvalue weighted by atomic mass is 16.5. The number of anilines is 1. The van der Waals surface area contributed by atoms with Crippen molar-refractivity contribution in [1.29, 1.82) is 5.53 Å². The molecule has 0 saturated carbocycles. The third-order valence-electron chi connectivity index (χ3n) is 3.91. The minimum Gasteiger partial charge on any atom is -0.462 e. The number of hydrogen-bond acceptors (Lipinski definition) is 10. The maximum Gasteiger partial charge on any atom is 0.321 e. The lowest BCUT2D eigenvalue weighted by molar-refractivity contribution is 0.0317. The Morgan fingerprint density at radius 2 is 1.71 bits per heavy atom. The van der Waals surface area contributed by atoms with Crippen LogP contribution in [-0.2, 0) is 16.0 Å². The fourth-order valence-electron chi connectivity index (χ4n) is 2.59. The molecule has 10 heteroatoms. The fraction of sp³-hybridized carbons (Fsp3) is 0.786. The van der Waals surface area contributed by atoms with Gasteiger partial charge in [-0.25, -0.2) is 5.53 Å². The molecule has 1 aromatic rings. The molecule has 10 nitrogen and oxygen atoms in total. The third-order valence-corrected chi connectivity index (χ3v) is 3.91. The number of morpholine rings is 2. The van der Waals surface area contributed by atoms with Gasteiger partial charge in [-0.15, -0.1) is 0 Å². The van der Waals surface area contributed by atoms with E-state index >= 15 is 0 Å². The molecular weight excluding hydrogens is 314 g/mol. The van der Waals surface area contributed by atoms with Crippen molar-refractivity contribution in [2.45, 2.75) is 6.54 Å². The van der Waals surface area contributed by atoms with Crippen LogP contribution in [0.4, 0.5) is 5.95 Å². The van der Waals surface area contributed by atoms with Crippen molar-refractivity contribution in [2.75, 3.05) is 70.7 Å². The van der Waals surface area contributed by atoms with E-state index in [-0.39, 0.29) is 6.54 Å². The van der Waals surface area contributed by atoms with E-state index in [1.54, 1.807) is 0 Å². The quantitative estimate of drug-likeness (QED) is 0.690. The van der Waals surface area contributed by atoms with Gasteiger partial charge in [0, 0.05) is 32.7 Å². The normalized spacial score (nSPS) is 19.2. The Hall–Kier alpha value is -1.91. The first kappa shape index (κ1) is 16.9. The van der Waals surface area contributed by atoms with Gasteiger partial charge >= 0.3 is 6.01 Å². The first-order valence-corrected chi connectivity index (χ1v) is 8.19. The van der Waals surface area contributed by atoms with Gasteiger partial charge in [-0.2, -0.15) is 20.1 Å². The summed E-state index contributed by atoms with van der Waals surface area (Å²) < 4.78 is 16.4. The predicted molar refractivity (Wildman–Crippen MR) is 84.5 cm³/mol. The molecule has 0 aliphatic carbocycles. The number of aromatic nitrogens is 3. The number of rotatable bonds is 7. The first-order chi connectivity index (χ1) is 11.8. The summed E-state index contributed by atoms with van der Waals surface area (Å²) in [4.78, 5) is 17.3. The maximum atomic E-state index is 7.03.